The molecule has 0 bridgehead atoms. The minimum atomic E-state index is 0.0363. The van der Waals surface area contributed by atoms with Crippen molar-refractivity contribution >= 4 is 22.4 Å². The van der Waals surface area contributed by atoms with Gasteiger partial charge in [0.1, 0.15) is 0 Å². The average Bonchev–Trinajstić information content (AvgIpc) is 3.21. The third-order valence-electron chi connectivity index (χ3n) is 4.59. The second-order valence-electron chi connectivity index (χ2n) is 6.03. The first kappa shape index (κ1) is 16.1. The molecule has 0 unspecified atom stereocenters. The van der Waals surface area contributed by atoms with E-state index in [4.69, 9.17) is 5.73 Å². The highest BCUT2D eigenvalue weighted by atomic mass is 32.1. The molecule has 0 saturated heterocycles. The minimum Gasteiger partial charge on any atom is -0.330 e. The number of carbonyl (C=O) groups is 1. The maximum atomic E-state index is 12.5. The fourth-order valence-corrected chi connectivity index (χ4v) is 4.26. The van der Waals surface area contributed by atoms with Gasteiger partial charge < -0.3 is 11.1 Å². The molecule has 1 fully saturated rings. The Kier molecular flexibility index (Phi) is 5.08. The van der Waals surface area contributed by atoms with E-state index in [2.05, 4.69) is 29.4 Å². The quantitative estimate of drug-likeness (QED) is 0.879. The first-order chi connectivity index (χ1) is 11.2. The van der Waals surface area contributed by atoms with Crippen molar-refractivity contribution < 1.29 is 4.79 Å². The highest BCUT2D eigenvalue weighted by Crippen LogP contribution is 2.34. The van der Waals surface area contributed by atoms with Crippen LogP contribution in [0.2, 0.25) is 0 Å². The molecule has 1 amide bonds. The highest BCUT2D eigenvalue weighted by molar-refractivity contribution is 7.16. The van der Waals surface area contributed by atoms with Crippen LogP contribution < -0.4 is 11.1 Å². The van der Waals surface area contributed by atoms with Crippen LogP contribution in [0.4, 0.5) is 5.13 Å². The van der Waals surface area contributed by atoms with Gasteiger partial charge in [-0.2, -0.15) is 0 Å². The van der Waals surface area contributed by atoms with Crippen LogP contribution in [0.1, 0.15) is 31.1 Å². The molecule has 0 spiro atoms. The molecule has 1 aliphatic rings. The van der Waals surface area contributed by atoms with Gasteiger partial charge in [0.15, 0.2) is 5.13 Å². The Morgan fingerprint density at radius 1 is 1.35 bits per heavy atom. The second kappa shape index (κ2) is 7.23. The highest BCUT2D eigenvalue weighted by Gasteiger charge is 2.32. The van der Waals surface area contributed by atoms with Gasteiger partial charge >= 0.3 is 0 Å². The average molecular weight is 329 g/mol. The predicted molar refractivity (Wildman–Crippen MR) is 95.4 cm³/mol. The van der Waals surface area contributed by atoms with E-state index >= 15 is 0 Å². The summed E-state index contributed by atoms with van der Waals surface area (Å²) in [6.45, 7) is 2.71. The van der Waals surface area contributed by atoms with E-state index in [0.29, 0.717) is 17.6 Å². The molecule has 3 rings (SSSR count). The van der Waals surface area contributed by atoms with Gasteiger partial charge in [0.25, 0.3) is 0 Å². The van der Waals surface area contributed by atoms with Crippen molar-refractivity contribution in [3.05, 3.63) is 35.2 Å². The zero-order valence-electron chi connectivity index (χ0n) is 13.4. The fourth-order valence-electron chi connectivity index (χ4n) is 3.33. The summed E-state index contributed by atoms with van der Waals surface area (Å²) in [5, 5.41) is 3.73. The number of anilines is 1. The number of carbonyl (C=O) groups excluding carboxylic acids is 1. The van der Waals surface area contributed by atoms with Crippen LogP contribution in [0.5, 0.6) is 0 Å². The molecule has 4 nitrogen and oxygen atoms in total. The van der Waals surface area contributed by atoms with E-state index in [1.165, 1.54) is 4.88 Å². The van der Waals surface area contributed by atoms with E-state index < -0.39 is 0 Å². The van der Waals surface area contributed by atoms with E-state index in [1.54, 1.807) is 11.3 Å². The Labute approximate surface area is 141 Å². The number of hydrogen-bond acceptors (Lipinski definition) is 4. The summed E-state index contributed by atoms with van der Waals surface area (Å²) in [7, 11) is 0. The predicted octanol–water partition coefficient (Wildman–Crippen LogP) is 3.69. The molecule has 3 N–H and O–H groups in total. The lowest BCUT2D eigenvalue weighted by Gasteiger charge is -2.16. The van der Waals surface area contributed by atoms with Gasteiger partial charge in [-0.3, -0.25) is 4.79 Å². The van der Waals surface area contributed by atoms with Crippen LogP contribution in [-0.2, 0) is 11.2 Å². The molecule has 1 aliphatic carbocycles. The molecule has 1 heterocycles. The maximum Gasteiger partial charge on any atom is 0.229 e. The van der Waals surface area contributed by atoms with Gasteiger partial charge in [-0.25, -0.2) is 4.98 Å². The Balaban J connectivity index is 1.79. The van der Waals surface area contributed by atoms with Gasteiger partial charge in [-0.1, -0.05) is 43.7 Å². The van der Waals surface area contributed by atoms with Gasteiger partial charge in [0.05, 0.1) is 5.69 Å². The molecular formula is C18H23N3OS. The van der Waals surface area contributed by atoms with Gasteiger partial charge in [-0.15, -0.1) is 11.3 Å². The number of amides is 1. The minimum absolute atomic E-state index is 0.0363. The molecule has 0 radical (unpaired) electrons. The number of aromatic nitrogens is 1. The summed E-state index contributed by atoms with van der Waals surface area (Å²) >= 11 is 1.58. The molecule has 23 heavy (non-hydrogen) atoms. The first-order valence-electron chi connectivity index (χ1n) is 8.29. The molecule has 2 atom stereocenters. The van der Waals surface area contributed by atoms with Crippen LogP contribution in [0.15, 0.2) is 30.3 Å². The van der Waals surface area contributed by atoms with Crippen LogP contribution in [-0.4, -0.2) is 17.4 Å². The zero-order chi connectivity index (χ0) is 16.2. The number of nitrogens with two attached hydrogens (primary N) is 1. The Morgan fingerprint density at radius 3 is 2.83 bits per heavy atom. The van der Waals surface area contributed by atoms with Crippen LogP contribution in [0.25, 0.3) is 11.3 Å². The largest absolute Gasteiger partial charge is 0.330 e. The first-order valence-corrected chi connectivity index (χ1v) is 9.10. The van der Waals surface area contributed by atoms with Crippen molar-refractivity contribution in [1.82, 2.24) is 4.98 Å². The summed E-state index contributed by atoms with van der Waals surface area (Å²) < 4.78 is 0. The summed E-state index contributed by atoms with van der Waals surface area (Å²) in [6, 6.07) is 10.1. The Hall–Kier alpha value is -1.72. The lowest BCUT2D eigenvalue weighted by atomic mass is 9.95. The van der Waals surface area contributed by atoms with E-state index in [-0.39, 0.29) is 11.8 Å². The molecule has 1 aromatic heterocycles. The molecule has 122 valence electrons. The number of nitrogens with zero attached hydrogens (tertiary/aromatic N) is 1. The lowest BCUT2D eigenvalue weighted by molar-refractivity contribution is -0.120. The third kappa shape index (κ3) is 3.46. The van der Waals surface area contributed by atoms with Gasteiger partial charge in [-0.05, 0) is 31.7 Å². The number of thiazole rings is 1. The zero-order valence-corrected chi connectivity index (χ0v) is 14.2. The summed E-state index contributed by atoms with van der Waals surface area (Å²) in [5.41, 5.74) is 7.87. The van der Waals surface area contributed by atoms with Crippen LogP contribution in [0.3, 0.4) is 0 Å². The number of hydrogen-bond donors (Lipinski definition) is 2. The molecular weight excluding hydrogens is 306 g/mol. The van der Waals surface area contributed by atoms with E-state index in [0.717, 1.165) is 36.9 Å². The van der Waals surface area contributed by atoms with Crippen molar-refractivity contribution in [3.8, 4) is 11.3 Å². The Morgan fingerprint density at radius 2 is 2.13 bits per heavy atom. The van der Waals surface area contributed by atoms with Gasteiger partial charge in [0.2, 0.25) is 5.91 Å². The smallest absolute Gasteiger partial charge is 0.229 e. The van der Waals surface area contributed by atoms with Crippen LogP contribution >= 0.6 is 11.3 Å². The number of rotatable bonds is 5. The number of aryl methyl sites for hydroxylation is 1. The van der Waals surface area contributed by atoms with E-state index in [1.807, 2.05) is 18.2 Å². The molecule has 2 aromatic rings. The summed E-state index contributed by atoms with van der Waals surface area (Å²) in [5.74, 6) is 0.428. The van der Waals surface area contributed by atoms with E-state index in [9.17, 15) is 4.79 Å². The molecule has 0 aliphatic heterocycles. The standard InChI is InChI=1S/C18H23N3OS/c1-2-15-16(12-7-4-3-5-8-12)20-18(23-15)21-17(22)14-10-6-9-13(14)11-19/h3-5,7-8,13-14H,2,6,9-11,19H2,1H3,(H,20,21,22)/t13-,14-/m1/s1. The third-order valence-corrected chi connectivity index (χ3v) is 5.71. The summed E-state index contributed by atoms with van der Waals surface area (Å²) in [6.07, 6.45) is 3.99. The van der Waals surface area contributed by atoms with Crippen LogP contribution in [0, 0.1) is 11.8 Å². The van der Waals surface area contributed by atoms with Crippen molar-refractivity contribution in [2.75, 3.05) is 11.9 Å². The molecule has 5 heteroatoms. The number of nitrogens with one attached hydrogen (secondary N) is 1. The maximum absolute atomic E-state index is 12.5. The summed E-state index contributed by atoms with van der Waals surface area (Å²) in [4.78, 5) is 18.4. The molecule has 1 saturated carbocycles. The van der Waals surface area contributed by atoms with Crippen molar-refractivity contribution in [2.45, 2.75) is 32.6 Å². The number of benzene rings is 1. The molecule has 1 aromatic carbocycles. The normalized spacial score (nSPS) is 20.6. The van der Waals surface area contributed by atoms with Crippen molar-refractivity contribution in [3.63, 3.8) is 0 Å². The lowest BCUT2D eigenvalue weighted by Crippen LogP contribution is -2.29. The topological polar surface area (TPSA) is 68.0 Å². The van der Waals surface area contributed by atoms with Gasteiger partial charge in [0, 0.05) is 16.4 Å². The fraction of sp³-hybridized carbons (Fsp3) is 0.444. The van der Waals surface area contributed by atoms with Crippen molar-refractivity contribution in [1.29, 1.82) is 0 Å². The monoisotopic (exact) mass is 329 g/mol. The second-order valence-corrected chi connectivity index (χ2v) is 7.12. The Bertz CT molecular complexity index is 668. The van der Waals surface area contributed by atoms with Crippen molar-refractivity contribution in [2.24, 2.45) is 17.6 Å². The SMILES string of the molecule is CCc1sc(NC(=O)[C@@H]2CCC[C@@H]2CN)nc1-c1ccccc1.